The minimum absolute atomic E-state index is 0.0717. The molecule has 0 saturated carbocycles. The number of sulfonamides is 1. The van der Waals surface area contributed by atoms with Crippen LogP contribution in [0.1, 0.15) is 33.3 Å². The van der Waals surface area contributed by atoms with Crippen LogP contribution in [0.25, 0.3) is 0 Å². The van der Waals surface area contributed by atoms with E-state index in [2.05, 4.69) is 4.72 Å². The Hall–Kier alpha value is -1.40. The Labute approximate surface area is 127 Å². The van der Waals surface area contributed by atoms with Gasteiger partial charge in [-0.2, -0.15) is 0 Å². The van der Waals surface area contributed by atoms with Crippen LogP contribution in [0, 0.1) is 6.92 Å². The van der Waals surface area contributed by atoms with Gasteiger partial charge in [0.2, 0.25) is 15.9 Å². The number of amides is 1. The summed E-state index contributed by atoms with van der Waals surface area (Å²) in [5.74, 6) is -0.0717. The van der Waals surface area contributed by atoms with E-state index in [1.54, 1.807) is 36.1 Å². The molecule has 0 aliphatic heterocycles. The van der Waals surface area contributed by atoms with E-state index in [0.29, 0.717) is 12.1 Å². The van der Waals surface area contributed by atoms with Crippen LogP contribution in [-0.4, -0.2) is 37.9 Å². The van der Waals surface area contributed by atoms with Crippen molar-refractivity contribution in [3.8, 4) is 0 Å². The predicted molar refractivity (Wildman–Crippen MR) is 83.5 cm³/mol. The van der Waals surface area contributed by atoms with Crippen LogP contribution in [0.5, 0.6) is 0 Å². The second-order valence-electron chi connectivity index (χ2n) is 6.00. The van der Waals surface area contributed by atoms with E-state index < -0.39 is 10.0 Å². The molecule has 0 unspecified atom stereocenters. The average Bonchev–Trinajstić information content (AvgIpc) is 2.32. The lowest BCUT2D eigenvalue weighted by atomic mass is 10.1. The summed E-state index contributed by atoms with van der Waals surface area (Å²) < 4.78 is 27.0. The summed E-state index contributed by atoms with van der Waals surface area (Å²) in [7, 11) is -3.55. The summed E-state index contributed by atoms with van der Waals surface area (Å²) in [4.78, 5) is 13.5. The SMILES string of the molecule is CC(=O)N(CCNS(=O)(=O)c1ccccc1C)C(C)(C)C. The van der Waals surface area contributed by atoms with Crippen LogP contribution in [-0.2, 0) is 14.8 Å². The van der Waals surface area contributed by atoms with Crippen LogP contribution in [0.4, 0.5) is 0 Å². The molecular formula is C15H24N2O3S. The highest BCUT2D eigenvalue weighted by atomic mass is 32.2. The van der Waals surface area contributed by atoms with Gasteiger partial charge in [0.1, 0.15) is 0 Å². The van der Waals surface area contributed by atoms with Gasteiger partial charge in [0, 0.05) is 25.6 Å². The van der Waals surface area contributed by atoms with Crippen molar-refractivity contribution in [1.82, 2.24) is 9.62 Å². The van der Waals surface area contributed by atoms with Gasteiger partial charge in [-0.05, 0) is 39.3 Å². The molecule has 0 saturated heterocycles. The van der Waals surface area contributed by atoms with Crippen molar-refractivity contribution >= 4 is 15.9 Å². The Balaban J connectivity index is 2.75. The standard InChI is InChI=1S/C15H24N2O3S/c1-12-8-6-7-9-14(12)21(19,20)16-10-11-17(13(2)18)15(3,4)5/h6-9,16H,10-11H2,1-5H3. The highest BCUT2D eigenvalue weighted by Crippen LogP contribution is 2.15. The molecule has 1 aromatic carbocycles. The predicted octanol–water partition coefficient (Wildman–Crippen LogP) is 1.92. The van der Waals surface area contributed by atoms with Crippen molar-refractivity contribution in [3.05, 3.63) is 29.8 Å². The van der Waals surface area contributed by atoms with Gasteiger partial charge in [0.15, 0.2) is 0 Å². The largest absolute Gasteiger partial charge is 0.337 e. The molecule has 118 valence electrons. The molecule has 0 heterocycles. The molecule has 0 spiro atoms. The molecule has 0 bridgehead atoms. The number of aryl methyl sites for hydroxylation is 1. The van der Waals surface area contributed by atoms with Gasteiger partial charge in [-0.15, -0.1) is 0 Å². The molecule has 6 heteroatoms. The first-order chi connectivity index (χ1) is 9.55. The Morgan fingerprint density at radius 3 is 2.29 bits per heavy atom. The zero-order valence-electron chi connectivity index (χ0n) is 13.3. The topological polar surface area (TPSA) is 66.5 Å². The van der Waals surface area contributed by atoms with Crippen molar-refractivity contribution in [2.45, 2.75) is 45.1 Å². The number of hydrogen-bond acceptors (Lipinski definition) is 3. The molecule has 21 heavy (non-hydrogen) atoms. The number of carbonyl (C=O) groups is 1. The van der Waals surface area contributed by atoms with E-state index in [-0.39, 0.29) is 22.9 Å². The molecule has 1 rings (SSSR count). The lowest BCUT2D eigenvalue weighted by molar-refractivity contribution is -0.133. The van der Waals surface area contributed by atoms with Gasteiger partial charge in [-0.25, -0.2) is 13.1 Å². The molecular weight excluding hydrogens is 288 g/mol. The third-order valence-corrected chi connectivity index (χ3v) is 4.82. The summed E-state index contributed by atoms with van der Waals surface area (Å²) in [5.41, 5.74) is 0.365. The minimum Gasteiger partial charge on any atom is -0.337 e. The van der Waals surface area contributed by atoms with Crippen LogP contribution in [0.2, 0.25) is 0 Å². The monoisotopic (exact) mass is 312 g/mol. The van der Waals surface area contributed by atoms with Crippen molar-refractivity contribution in [1.29, 1.82) is 0 Å². The van der Waals surface area contributed by atoms with E-state index in [4.69, 9.17) is 0 Å². The summed E-state index contributed by atoms with van der Waals surface area (Å²) >= 11 is 0. The van der Waals surface area contributed by atoms with Crippen LogP contribution in [0.3, 0.4) is 0 Å². The quantitative estimate of drug-likeness (QED) is 0.903. The fraction of sp³-hybridized carbons (Fsp3) is 0.533. The normalized spacial score (nSPS) is 12.2. The van der Waals surface area contributed by atoms with Gasteiger partial charge in [-0.3, -0.25) is 4.79 Å². The fourth-order valence-electron chi connectivity index (χ4n) is 2.19. The van der Waals surface area contributed by atoms with E-state index in [1.165, 1.54) is 6.92 Å². The molecule has 1 N–H and O–H groups in total. The first kappa shape index (κ1) is 17.7. The van der Waals surface area contributed by atoms with Crippen LogP contribution >= 0.6 is 0 Å². The molecule has 0 aliphatic carbocycles. The van der Waals surface area contributed by atoms with E-state index in [9.17, 15) is 13.2 Å². The van der Waals surface area contributed by atoms with E-state index in [1.807, 2.05) is 20.8 Å². The molecule has 1 amide bonds. The maximum atomic E-state index is 12.2. The number of hydrogen-bond donors (Lipinski definition) is 1. The smallest absolute Gasteiger partial charge is 0.240 e. The average molecular weight is 312 g/mol. The maximum Gasteiger partial charge on any atom is 0.240 e. The zero-order valence-corrected chi connectivity index (χ0v) is 14.1. The van der Waals surface area contributed by atoms with Gasteiger partial charge in [-0.1, -0.05) is 18.2 Å². The molecule has 0 aromatic heterocycles. The third kappa shape index (κ3) is 4.82. The highest BCUT2D eigenvalue weighted by molar-refractivity contribution is 7.89. The number of benzene rings is 1. The Morgan fingerprint density at radius 2 is 1.81 bits per heavy atom. The lowest BCUT2D eigenvalue weighted by Crippen LogP contribution is -2.48. The van der Waals surface area contributed by atoms with Gasteiger partial charge < -0.3 is 4.90 Å². The summed E-state index contributed by atoms with van der Waals surface area (Å²) in [6, 6.07) is 6.82. The third-order valence-electron chi connectivity index (χ3n) is 3.20. The fourth-order valence-corrected chi connectivity index (χ4v) is 3.46. The van der Waals surface area contributed by atoms with Crippen molar-refractivity contribution in [2.75, 3.05) is 13.1 Å². The van der Waals surface area contributed by atoms with Crippen molar-refractivity contribution in [2.24, 2.45) is 0 Å². The Morgan fingerprint density at radius 1 is 1.24 bits per heavy atom. The van der Waals surface area contributed by atoms with E-state index in [0.717, 1.165) is 0 Å². The van der Waals surface area contributed by atoms with Gasteiger partial charge in [0.05, 0.1) is 4.90 Å². The first-order valence-corrected chi connectivity index (χ1v) is 8.37. The highest BCUT2D eigenvalue weighted by Gasteiger charge is 2.24. The Bertz CT molecular complexity index is 604. The summed E-state index contributed by atoms with van der Waals surface area (Å²) in [6.07, 6.45) is 0. The number of nitrogens with one attached hydrogen (secondary N) is 1. The Kier molecular flexibility index (Phi) is 5.53. The van der Waals surface area contributed by atoms with E-state index >= 15 is 0 Å². The second kappa shape index (κ2) is 6.58. The maximum absolute atomic E-state index is 12.2. The summed E-state index contributed by atoms with van der Waals surface area (Å²) in [5, 5.41) is 0. The first-order valence-electron chi connectivity index (χ1n) is 6.89. The minimum atomic E-state index is -3.55. The van der Waals surface area contributed by atoms with Gasteiger partial charge in [0.25, 0.3) is 0 Å². The summed E-state index contributed by atoms with van der Waals surface area (Å²) in [6.45, 7) is 9.53. The lowest BCUT2D eigenvalue weighted by Gasteiger charge is -2.35. The van der Waals surface area contributed by atoms with Crippen LogP contribution in [0.15, 0.2) is 29.2 Å². The molecule has 0 aliphatic rings. The van der Waals surface area contributed by atoms with Crippen molar-refractivity contribution in [3.63, 3.8) is 0 Å². The molecule has 0 fully saturated rings. The number of nitrogens with zero attached hydrogens (tertiary/aromatic N) is 1. The number of rotatable bonds is 5. The molecule has 5 nitrogen and oxygen atoms in total. The van der Waals surface area contributed by atoms with Gasteiger partial charge >= 0.3 is 0 Å². The molecule has 0 atom stereocenters. The van der Waals surface area contributed by atoms with Crippen molar-refractivity contribution < 1.29 is 13.2 Å². The molecule has 0 radical (unpaired) electrons. The second-order valence-corrected chi connectivity index (χ2v) is 7.74. The molecule has 1 aromatic rings. The van der Waals surface area contributed by atoms with Crippen LogP contribution < -0.4 is 4.72 Å². The number of carbonyl (C=O) groups excluding carboxylic acids is 1. The zero-order chi connectivity index (χ0) is 16.3.